The average molecular weight is 281 g/mol. The molecule has 1 heterocycles. The van der Waals surface area contributed by atoms with E-state index in [4.69, 9.17) is 4.74 Å². The van der Waals surface area contributed by atoms with Gasteiger partial charge in [-0.25, -0.2) is 0 Å². The highest BCUT2D eigenvalue weighted by atomic mass is 16.5. The number of nitrogens with one attached hydrogen (secondary N) is 1. The van der Waals surface area contributed by atoms with Crippen molar-refractivity contribution in [2.75, 3.05) is 0 Å². The minimum Gasteiger partial charge on any atom is -0.387 e. The lowest BCUT2D eigenvalue weighted by atomic mass is 9.80. The first-order valence-electron chi connectivity index (χ1n) is 7.23. The summed E-state index contributed by atoms with van der Waals surface area (Å²) < 4.78 is 6.05. The van der Waals surface area contributed by atoms with E-state index in [9.17, 15) is 9.90 Å². The van der Waals surface area contributed by atoms with Crippen LogP contribution in [0.3, 0.4) is 0 Å². The topological polar surface area (TPSA) is 58.6 Å². The van der Waals surface area contributed by atoms with Crippen LogP contribution in [0.2, 0.25) is 0 Å². The van der Waals surface area contributed by atoms with E-state index in [0.29, 0.717) is 5.92 Å². The average Bonchev–Trinajstić information content (AvgIpc) is 2.54. The summed E-state index contributed by atoms with van der Waals surface area (Å²) in [6.07, 6.45) is 1.01. The van der Waals surface area contributed by atoms with Crippen molar-refractivity contribution in [2.24, 2.45) is 11.8 Å². The van der Waals surface area contributed by atoms with Crippen LogP contribution in [0, 0.1) is 11.8 Å². The summed E-state index contributed by atoms with van der Waals surface area (Å²) in [5.41, 5.74) is 1.77. The molecule has 0 bridgehead atoms. The van der Waals surface area contributed by atoms with Crippen LogP contribution >= 0.6 is 0 Å². The van der Waals surface area contributed by atoms with Crippen molar-refractivity contribution in [1.29, 1.82) is 0 Å². The Bertz CT molecular complexity index is 399. The van der Waals surface area contributed by atoms with Gasteiger partial charge in [0.2, 0.25) is 5.91 Å². The van der Waals surface area contributed by atoms with Crippen molar-refractivity contribution in [3.8, 4) is 0 Å². The molecule has 1 aliphatic heterocycles. The molecule has 0 aromatic rings. The summed E-state index contributed by atoms with van der Waals surface area (Å²) in [6, 6.07) is 0. The number of aliphatic hydroxyl groups excluding tert-OH is 1. The molecular weight excluding hydrogens is 254 g/mol. The SMILES string of the molecule is C=C=CC1(NC(C)=O)[C@H](O)[C@@H](CC(C)C)O[C@H]1C(C)C. The van der Waals surface area contributed by atoms with Crippen LogP contribution in [0.4, 0.5) is 0 Å². The maximum absolute atomic E-state index is 11.6. The maximum atomic E-state index is 11.6. The quantitative estimate of drug-likeness (QED) is 0.758. The summed E-state index contributed by atoms with van der Waals surface area (Å²) >= 11 is 0. The third-order valence-electron chi connectivity index (χ3n) is 3.68. The number of carbonyl (C=O) groups is 1. The fraction of sp³-hybridized carbons (Fsp3) is 0.750. The van der Waals surface area contributed by atoms with E-state index >= 15 is 0 Å². The van der Waals surface area contributed by atoms with Crippen LogP contribution in [0.15, 0.2) is 18.4 Å². The predicted molar refractivity (Wildman–Crippen MR) is 79.2 cm³/mol. The summed E-state index contributed by atoms with van der Waals surface area (Å²) in [7, 11) is 0. The van der Waals surface area contributed by atoms with E-state index in [1.54, 1.807) is 6.08 Å². The molecule has 0 radical (unpaired) electrons. The Balaban J connectivity index is 3.19. The molecular formula is C16H27NO3. The molecule has 0 spiro atoms. The van der Waals surface area contributed by atoms with Gasteiger partial charge < -0.3 is 15.2 Å². The molecule has 2 N–H and O–H groups in total. The summed E-state index contributed by atoms with van der Waals surface area (Å²) in [5, 5.41) is 13.6. The number of aliphatic hydroxyl groups is 1. The summed E-state index contributed by atoms with van der Waals surface area (Å²) in [6.45, 7) is 13.2. The normalized spacial score (nSPS) is 33.3. The Kier molecular flexibility index (Phi) is 5.58. The number of ether oxygens (including phenoxy) is 1. The largest absolute Gasteiger partial charge is 0.387 e. The monoisotopic (exact) mass is 281 g/mol. The number of hydrogen-bond acceptors (Lipinski definition) is 3. The smallest absolute Gasteiger partial charge is 0.217 e. The van der Waals surface area contributed by atoms with E-state index in [-0.39, 0.29) is 24.0 Å². The number of amides is 1. The molecule has 20 heavy (non-hydrogen) atoms. The van der Waals surface area contributed by atoms with Crippen molar-refractivity contribution >= 4 is 5.91 Å². The molecule has 0 aliphatic carbocycles. The van der Waals surface area contributed by atoms with Gasteiger partial charge in [0, 0.05) is 6.92 Å². The Hall–Kier alpha value is -1.09. The standard InChI is InChI=1S/C16H27NO3/c1-7-8-16(17-12(6)18)14(19)13(9-10(2)3)20-15(16)11(4)5/h8,10-11,13-15,19H,1,9H2,2-6H3,(H,17,18)/t13-,14-,15+,16?/m1/s1. The minimum absolute atomic E-state index is 0.151. The first-order valence-corrected chi connectivity index (χ1v) is 7.23. The Morgan fingerprint density at radius 2 is 2.10 bits per heavy atom. The number of carbonyl (C=O) groups excluding carboxylic acids is 1. The van der Waals surface area contributed by atoms with Gasteiger partial charge in [-0.05, 0) is 24.3 Å². The highest BCUT2D eigenvalue weighted by Gasteiger charge is 2.56. The molecule has 4 nitrogen and oxygen atoms in total. The molecule has 1 unspecified atom stereocenters. The van der Waals surface area contributed by atoms with Crippen molar-refractivity contribution in [3.05, 3.63) is 18.4 Å². The Morgan fingerprint density at radius 3 is 2.50 bits per heavy atom. The van der Waals surface area contributed by atoms with Gasteiger partial charge in [0.25, 0.3) is 0 Å². The first kappa shape index (κ1) is 17.0. The molecule has 1 aliphatic rings. The van der Waals surface area contributed by atoms with Crippen LogP contribution < -0.4 is 5.32 Å². The van der Waals surface area contributed by atoms with Crippen LogP contribution in [0.25, 0.3) is 0 Å². The Labute approximate surface area is 121 Å². The Morgan fingerprint density at radius 1 is 1.50 bits per heavy atom. The van der Waals surface area contributed by atoms with E-state index in [2.05, 4.69) is 31.5 Å². The minimum atomic E-state index is -0.943. The third-order valence-corrected chi connectivity index (χ3v) is 3.68. The van der Waals surface area contributed by atoms with Crippen LogP contribution in [0.5, 0.6) is 0 Å². The predicted octanol–water partition coefficient (Wildman–Crippen LogP) is 2.03. The van der Waals surface area contributed by atoms with Crippen molar-refractivity contribution in [1.82, 2.24) is 5.32 Å². The molecule has 1 fully saturated rings. The molecule has 1 rings (SSSR count). The van der Waals surface area contributed by atoms with Gasteiger partial charge in [-0.15, -0.1) is 5.73 Å². The van der Waals surface area contributed by atoms with Crippen molar-refractivity contribution in [2.45, 2.75) is 64.9 Å². The molecule has 0 saturated carbocycles. The molecule has 1 saturated heterocycles. The third kappa shape index (κ3) is 3.32. The van der Waals surface area contributed by atoms with Crippen LogP contribution in [-0.4, -0.2) is 34.9 Å². The molecule has 1 amide bonds. The lowest BCUT2D eigenvalue weighted by molar-refractivity contribution is -0.122. The van der Waals surface area contributed by atoms with Crippen molar-refractivity contribution in [3.63, 3.8) is 0 Å². The fourth-order valence-corrected chi connectivity index (χ4v) is 3.03. The number of rotatable bonds is 5. The molecule has 4 heteroatoms. The van der Waals surface area contributed by atoms with Gasteiger partial charge in [-0.3, -0.25) is 4.79 Å². The van der Waals surface area contributed by atoms with Crippen LogP contribution in [-0.2, 0) is 9.53 Å². The zero-order chi connectivity index (χ0) is 15.5. The second-order valence-corrected chi connectivity index (χ2v) is 6.38. The molecule has 114 valence electrons. The van der Waals surface area contributed by atoms with Gasteiger partial charge in [0.05, 0.1) is 12.2 Å². The molecule has 0 aromatic carbocycles. The van der Waals surface area contributed by atoms with E-state index in [1.807, 2.05) is 13.8 Å². The van der Waals surface area contributed by atoms with E-state index in [1.165, 1.54) is 6.92 Å². The van der Waals surface area contributed by atoms with Crippen molar-refractivity contribution < 1.29 is 14.6 Å². The fourth-order valence-electron chi connectivity index (χ4n) is 3.03. The summed E-state index contributed by atoms with van der Waals surface area (Å²) in [4.78, 5) is 11.6. The summed E-state index contributed by atoms with van der Waals surface area (Å²) in [5.74, 6) is 0.358. The molecule has 4 atom stereocenters. The van der Waals surface area contributed by atoms with Gasteiger partial charge in [0.15, 0.2) is 0 Å². The van der Waals surface area contributed by atoms with Gasteiger partial charge in [-0.1, -0.05) is 34.3 Å². The highest BCUT2D eigenvalue weighted by molar-refractivity contribution is 5.74. The van der Waals surface area contributed by atoms with E-state index in [0.717, 1.165) is 6.42 Å². The molecule has 0 aromatic heterocycles. The lowest BCUT2D eigenvalue weighted by Crippen LogP contribution is -2.60. The second kappa shape index (κ2) is 6.57. The van der Waals surface area contributed by atoms with Crippen LogP contribution in [0.1, 0.15) is 41.0 Å². The zero-order valence-corrected chi connectivity index (χ0v) is 13.1. The lowest BCUT2D eigenvalue weighted by Gasteiger charge is -2.35. The van der Waals surface area contributed by atoms with Gasteiger partial charge >= 0.3 is 0 Å². The second-order valence-electron chi connectivity index (χ2n) is 6.38. The first-order chi connectivity index (χ1) is 9.24. The van der Waals surface area contributed by atoms with E-state index < -0.39 is 11.6 Å². The highest BCUT2D eigenvalue weighted by Crippen LogP contribution is 2.38. The zero-order valence-electron chi connectivity index (χ0n) is 13.1. The maximum Gasteiger partial charge on any atom is 0.217 e. The van der Waals surface area contributed by atoms with Gasteiger partial charge in [0.1, 0.15) is 11.6 Å². The number of hydrogen-bond donors (Lipinski definition) is 2. The van der Waals surface area contributed by atoms with Gasteiger partial charge in [-0.2, -0.15) is 0 Å².